The van der Waals surface area contributed by atoms with E-state index >= 15 is 0 Å². The second-order valence-electron chi connectivity index (χ2n) is 3.05. The molecule has 4 N–H and O–H groups in total. The van der Waals surface area contributed by atoms with Crippen LogP contribution >= 0.6 is 0 Å². The molecule has 1 unspecified atom stereocenters. The highest BCUT2D eigenvalue weighted by molar-refractivity contribution is 5.84. The van der Waals surface area contributed by atoms with E-state index in [1.807, 2.05) is 0 Å². The lowest BCUT2D eigenvalue weighted by molar-refractivity contribution is -0.139. The second kappa shape index (κ2) is 3.63. The Morgan fingerprint density at radius 3 is 2.64 bits per heavy atom. The summed E-state index contributed by atoms with van der Waals surface area (Å²) in [5.41, 5.74) is 9.89. The molecule has 0 aromatic carbocycles. The van der Waals surface area contributed by atoms with Gasteiger partial charge in [0.1, 0.15) is 5.82 Å². The van der Waals surface area contributed by atoms with Crippen molar-refractivity contribution in [3.05, 3.63) is 23.9 Å². The summed E-state index contributed by atoms with van der Waals surface area (Å²) in [6.45, 7) is 1.55. The molecule has 1 amide bonds. The molecular formula is C9H13N3O2. The number of carbonyl (C=O) groups excluding carboxylic acids is 1. The minimum absolute atomic E-state index is 0.326. The molecule has 1 rings (SSSR count). The van der Waals surface area contributed by atoms with E-state index in [2.05, 4.69) is 4.98 Å². The Hall–Kier alpha value is -1.62. The molecule has 1 aromatic heterocycles. The average Bonchev–Trinajstić information content (AvgIpc) is 2.16. The van der Waals surface area contributed by atoms with E-state index in [1.165, 1.54) is 7.11 Å². The third-order valence-electron chi connectivity index (χ3n) is 2.14. The van der Waals surface area contributed by atoms with Crippen LogP contribution in [0.1, 0.15) is 12.6 Å². The maximum Gasteiger partial charge on any atom is 0.255 e. The molecule has 1 heterocycles. The van der Waals surface area contributed by atoms with Crippen molar-refractivity contribution in [1.82, 2.24) is 4.98 Å². The van der Waals surface area contributed by atoms with Gasteiger partial charge in [-0.25, -0.2) is 4.98 Å². The van der Waals surface area contributed by atoms with E-state index in [-0.39, 0.29) is 0 Å². The summed E-state index contributed by atoms with van der Waals surface area (Å²) in [7, 11) is 1.40. The Morgan fingerprint density at radius 2 is 2.21 bits per heavy atom. The Labute approximate surface area is 82.1 Å². The Kier molecular flexibility index (Phi) is 2.71. The highest BCUT2D eigenvalue weighted by atomic mass is 16.5. The Morgan fingerprint density at radius 1 is 1.57 bits per heavy atom. The fourth-order valence-electron chi connectivity index (χ4n) is 1.05. The molecule has 0 saturated carbocycles. The molecule has 1 aromatic rings. The molecule has 14 heavy (non-hydrogen) atoms. The first-order valence-electron chi connectivity index (χ1n) is 4.09. The van der Waals surface area contributed by atoms with Crippen molar-refractivity contribution in [3.63, 3.8) is 0 Å². The number of rotatable bonds is 3. The molecule has 0 spiro atoms. The van der Waals surface area contributed by atoms with Gasteiger partial charge in [0.05, 0.1) is 5.69 Å². The summed E-state index contributed by atoms with van der Waals surface area (Å²) in [6.07, 6.45) is 0. The second-order valence-corrected chi connectivity index (χ2v) is 3.05. The van der Waals surface area contributed by atoms with Crippen molar-refractivity contribution in [2.75, 3.05) is 12.8 Å². The molecule has 0 bridgehead atoms. The van der Waals surface area contributed by atoms with E-state index in [4.69, 9.17) is 16.2 Å². The van der Waals surface area contributed by atoms with Crippen molar-refractivity contribution in [3.8, 4) is 0 Å². The molecule has 5 heteroatoms. The molecule has 1 atom stereocenters. The Bertz CT molecular complexity index is 354. The number of pyridine rings is 1. The first-order chi connectivity index (χ1) is 6.50. The van der Waals surface area contributed by atoms with E-state index in [9.17, 15) is 4.79 Å². The van der Waals surface area contributed by atoms with E-state index in [0.717, 1.165) is 0 Å². The molecular weight excluding hydrogens is 182 g/mol. The maximum atomic E-state index is 11.2. The van der Waals surface area contributed by atoms with Crippen LogP contribution in [-0.4, -0.2) is 18.0 Å². The molecule has 5 nitrogen and oxygen atoms in total. The SMILES string of the molecule is COC(C)(C(N)=O)c1cccc(N)n1. The first-order valence-corrected chi connectivity index (χ1v) is 4.09. The fourth-order valence-corrected chi connectivity index (χ4v) is 1.05. The summed E-state index contributed by atoms with van der Waals surface area (Å²) in [6, 6.07) is 4.96. The van der Waals surface area contributed by atoms with Gasteiger partial charge in [0.25, 0.3) is 5.91 Å². The maximum absolute atomic E-state index is 11.2. The molecule has 0 aliphatic carbocycles. The van der Waals surface area contributed by atoms with Crippen molar-refractivity contribution in [2.24, 2.45) is 5.73 Å². The van der Waals surface area contributed by atoms with Crippen LogP contribution in [0, 0.1) is 0 Å². The topological polar surface area (TPSA) is 91.2 Å². The lowest BCUT2D eigenvalue weighted by atomic mass is 10.0. The monoisotopic (exact) mass is 195 g/mol. The van der Waals surface area contributed by atoms with Crippen LogP contribution in [0.3, 0.4) is 0 Å². The minimum Gasteiger partial charge on any atom is -0.384 e. The summed E-state index contributed by atoms with van der Waals surface area (Å²) >= 11 is 0. The van der Waals surface area contributed by atoms with Gasteiger partial charge < -0.3 is 16.2 Å². The smallest absolute Gasteiger partial charge is 0.255 e. The number of carbonyl (C=O) groups is 1. The van der Waals surface area contributed by atoms with Crippen LogP contribution in [0.5, 0.6) is 0 Å². The minimum atomic E-state index is -1.23. The normalized spacial score (nSPS) is 14.7. The molecule has 0 radical (unpaired) electrons. The summed E-state index contributed by atoms with van der Waals surface area (Å²) in [5.74, 6) is -0.273. The number of aromatic nitrogens is 1. The standard InChI is InChI=1S/C9H13N3O2/c1-9(14-2,8(11)13)6-4-3-5-7(10)12-6/h3-5H,1-2H3,(H2,10,12)(H2,11,13). The number of anilines is 1. The van der Waals surface area contributed by atoms with Gasteiger partial charge in [-0.3, -0.25) is 4.79 Å². The number of ether oxygens (including phenoxy) is 1. The predicted molar refractivity (Wildman–Crippen MR) is 52.2 cm³/mol. The number of hydrogen-bond acceptors (Lipinski definition) is 4. The van der Waals surface area contributed by atoms with Gasteiger partial charge in [0, 0.05) is 7.11 Å². The number of nitrogens with zero attached hydrogens (tertiary/aromatic N) is 1. The average molecular weight is 195 g/mol. The van der Waals surface area contributed by atoms with Gasteiger partial charge in [-0.15, -0.1) is 0 Å². The quantitative estimate of drug-likeness (QED) is 0.710. The lowest BCUT2D eigenvalue weighted by Crippen LogP contribution is -2.40. The summed E-state index contributed by atoms with van der Waals surface area (Å²) in [4.78, 5) is 15.2. The highest BCUT2D eigenvalue weighted by Crippen LogP contribution is 2.22. The van der Waals surface area contributed by atoms with Crippen LogP contribution in [-0.2, 0) is 15.1 Å². The molecule has 0 fully saturated rings. The molecule has 76 valence electrons. The third-order valence-corrected chi connectivity index (χ3v) is 2.14. The van der Waals surface area contributed by atoms with Gasteiger partial charge >= 0.3 is 0 Å². The summed E-state index contributed by atoms with van der Waals surface area (Å²) < 4.78 is 5.05. The van der Waals surface area contributed by atoms with Gasteiger partial charge in [0.15, 0.2) is 5.60 Å². The number of amides is 1. The number of nitrogen functional groups attached to an aromatic ring is 1. The molecule has 0 saturated heterocycles. The van der Waals surface area contributed by atoms with Crippen LogP contribution in [0.4, 0.5) is 5.82 Å². The Balaban J connectivity index is 3.19. The number of methoxy groups -OCH3 is 1. The van der Waals surface area contributed by atoms with Crippen molar-refractivity contribution in [2.45, 2.75) is 12.5 Å². The third kappa shape index (κ3) is 1.67. The van der Waals surface area contributed by atoms with Crippen molar-refractivity contribution >= 4 is 11.7 Å². The van der Waals surface area contributed by atoms with Crippen LogP contribution < -0.4 is 11.5 Å². The van der Waals surface area contributed by atoms with Crippen LogP contribution in [0.15, 0.2) is 18.2 Å². The van der Waals surface area contributed by atoms with Crippen LogP contribution in [0.2, 0.25) is 0 Å². The van der Waals surface area contributed by atoms with E-state index in [1.54, 1.807) is 25.1 Å². The number of hydrogen-bond donors (Lipinski definition) is 2. The predicted octanol–water partition coefficient (Wildman–Crippen LogP) is 0.0107. The largest absolute Gasteiger partial charge is 0.384 e. The van der Waals surface area contributed by atoms with Gasteiger partial charge in [-0.2, -0.15) is 0 Å². The molecule has 0 aliphatic heterocycles. The van der Waals surface area contributed by atoms with Gasteiger partial charge in [-0.05, 0) is 19.1 Å². The zero-order valence-electron chi connectivity index (χ0n) is 8.15. The highest BCUT2D eigenvalue weighted by Gasteiger charge is 2.34. The lowest BCUT2D eigenvalue weighted by Gasteiger charge is -2.23. The zero-order chi connectivity index (χ0) is 10.8. The number of primary amides is 1. The first kappa shape index (κ1) is 10.5. The van der Waals surface area contributed by atoms with E-state index in [0.29, 0.717) is 11.5 Å². The van der Waals surface area contributed by atoms with Gasteiger partial charge in [-0.1, -0.05) is 6.07 Å². The van der Waals surface area contributed by atoms with Crippen molar-refractivity contribution < 1.29 is 9.53 Å². The van der Waals surface area contributed by atoms with Gasteiger partial charge in [0.2, 0.25) is 0 Å². The van der Waals surface area contributed by atoms with Crippen molar-refractivity contribution in [1.29, 1.82) is 0 Å². The molecule has 0 aliphatic rings. The van der Waals surface area contributed by atoms with E-state index < -0.39 is 11.5 Å². The number of nitrogens with two attached hydrogens (primary N) is 2. The summed E-state index contributed by atoms with van der Waals surface area (Å²) in [5, 5.41) is 0. The van der Waals surface area contributed by atoms with Crippen LogP contribution in [0.25, 0.3) is 0 Å². The fraction of sp³-hybridized carbons (Fsp3) is 0.333. The zero-order valence-corrected chi connectivity index (χ0v) is 8.15.